The van der Waals surface area contributed by atoms with Gasteiger partial charge in [-0.2, -0.15) is 5.26 Å². The van der Waals surface area contributed by atoms with Crippen LogP contribution in [-0.4, -0.2) is 18.9 Å². The van der Waals surface area contributed by atoms with Crippen LogP contribution in [0.25, 0.3) is 17.0 Å². The van der Waals surface area contributed by atoms with E-state index in [2.05, 4.69) is 6.07 Å². The van der Waals surface area contributed by atoms with Gasteiger partial charge in [0, 0.05) is 35.3 Å². The summed E-state index contributed by atoms with van der Waals surface area (Å²) in [4.78, 5) is 12.1. The van der Waals surface area contributed by atoms with Crippen molar-refractivity contribution < 1.29 is 13.2 Å². The standard InChI is InChI=1S/C20H17N3O3S/c21-13-6-14-23-15-16(18-9-4-5-10-19(18)23)11-12-20(24)22-27(25,26)17-7-2-1-3-8-17/h1-5,7-12,15H,6,14H2,(H,22,24)/b12-11+. The molecule has 0 unspecified atom stereocenters. The van der Waals surface area contributed by atoms with Crippen molar-refractivity contribution in [2.24, 2.45) is 0 Å². The van der Waals surface area contributed by atoms with Gasteiger partial charge in [0.1, 0.15) is 0 Å². The lowest BCUT2D eigenvalue weighted by Crippen LogP contribution is -2.28. The third-order valence-corrected chi connectivity index (χ3v) is 5.35. The first-order chi connectivity index (χ1) is 13.0. The summed E-state index contributed by atoms with van der Waals surface area (Å²) < 4.78 is 28.3. The third kappa shape index (κ3) is 4.25. The molecule has 6 nitrogen and oxygen atoms in total. The molecule has 0 aliphatic carbocycles. The van der Waals surface area contributed by atoms with Crippen LogP contribution in [0.2, 0.25) is 0 Å². The maximum atomic E-state index is 12.2. The number of para-hydroxylation sites is 1. The second-order valence-electron chi connectivity index (χ2n) is 5.82. The van der Waals surface area contributed by atoms with E-state index in [1.165, 1.54) is 18.2 Å². The van der Waals surface area contributed by atoms with Gasteiger partial charge >= 0.3 is 0 Å². The van der Waals surface area contributed by atoms with E-state index in [-0.39, 0.29) is 4.90 Å². The number of rotatable bonds is 6. The molecule has 136 valence electrons. The molecule has 0 radical (unpaired) electrons. The summed E-state index contributed by atoms with van der Waals surface area (Å²) in [5.41, 5.74) is 1.72. The van der Waals surface area contributed by atoms with Crippen LogP contribution in [0.15, 0.2) is 71.8 Å². The molecule has 1 aromatic heterocycles. The molecule has 0 fully saturated rings. The van der Waals surface area contributed by atoms with Gasteiger partial charge in [0.25, 0.3) is 15.9 Å². The zero-order valence-corrected chi connectivity index (χ0v) is 15.2. The second-order valence-corrected chi connectivity index (χ2v) is 7.50. The van der Waals surface area contributed by atoms with E-state index < -0.39 is 15.9 Å². The lowest BCUT2D eigenvalue weighted by Gasteiger charge is -2.03. The smallest absolute Gasteiger partial charge is 0.264 e. The third-order valence-electron chi connectivity index (χ3n) is 3.99. The number of carbonyl (C=O) groups is 1. The van der Waals surface area contributed by atoms with E-state index in [0.717, 1.165) is 16.5 Å². The molecule has 0 saturated heterocycles. The molecule has 0 aliphatic heterocycles. The predicted molar refractivity (Wildman–Crippen MR) is 103 cm³/mol. The van der Waals surface area contributed by atoms with Gasteiger partial charge in [-0.3, -0.25) is 4.79 Å². The first kappa shape index (κ1) is 18.4. The molecule has 27 heavy (non-hydrogen) atoms. The van der Waals surface area contributed by atoms with Gasteiger partial charge in [-0.1, -0.05) is 36.4 Å². The van der Waals surface area contributed by atoms with Crippen molar-refractivity contribution in [2.75, 3.05) is 0 Å². The Morgan fingerprint density at radius 3 is 2.56 bits per heavy atom. The fourth-order valence-corrected chi connectivity index (χ4v) is 3.72. The Morgan fingerprint density at radius 2 is 1.81 bits per heavy atom. The molecule has 0 atom stereocenters. The number of amides is 1. The molecule has 3 rings (SSSR count). The molecule has 7 heteroatoms. The largest absolute Gasteiger partial charge is 0.346 e. The van der Waals surface area contributed by atoms with Crippen LogP contribution >= 0.6 is 0 Å². The first-order valence-electron chi connectivity index (χ1n) is 8.26. The summed E-state index contributed by atoms with van der Waals surface area (Å²) in [6.07, 6.45) is 4.98. The van der Waals surface area contributed by atoms with Gasteiger partial charge < -0.3 is 4.57 Å². The quantitative estimate of drug-likeness (QED) is 0.666. The first-order valence-corrected chi connectivity index (χ1v) is 9.74. The number of fused-ring (bicyclic) bond motifs is 1. The summed E-state index contributed by atoms with van der Waals surface area (Å²) in [5, 5.41) is 9.72. The highest BCUT2D eigenvalue weighted by Gasteiger charge is 2.15. The number of carbonyl (C=O) groups excluding carboxylic acids is 1. The van der Waals surface area contributed by atoms with Crippen LogP contribution in [-0.2, 0) is 21.4 Å². The fourth-order valence-electron chi connectivity index (χ4n) is 2.75. The van der Waals surface area contributed by atoms with E-state index in [1.54, 1.807) is 24.3 Å². The van der Waals surface area contributed by atoms with E-state index in [1.807, 2.05) is 39.8 Å². The van der Waals surface area contributed by atoms with Crippen LogP contribution in [0.4, 0.5) is 0 Å². The molecule has 1 heterocycles. The SMILES string of the molecule is N#CCCn1cc(/C=C/C(=O)NS(=O)(=O)c2ccccc2)c2ccccc21. The number of aromatic nitrogens is 1. The monoisotopic (exact) mass is 379 g/mol. The Morgan fingerprint density at radius 1 is 1.11 bits per heavy atom. The highest BCUT2D eigenvalue weighted by atomic mass is 32.2. The molecule has 0 saturated carbocycles. The lowest BCUT2D eigenvalue weighted by atomic mass is 10.1. The van der Waals surface area contributed by atoms with E-state index in [4.69, 9.17) is 5.26 Å². The molecule has 1 amide bonds. The number of benzene rings is 2. The van der Waals surface area contributed by atoms with Crippen molar-refractivity contribution >= 4 is 32.9 Å². The average molecular weight is 379 g/mol. The molecule has 2 aromatic carbocycles. The van der Waals surface area contributed by atoms with E-state index in [0.29, 0.717) is 13.0 Å². The van der Waals surface area contributed by atoms with Gasteiger partial charge in [0.05, 0.1) is 17.4 Å². The van der Waals surface area contributed by atoms with Gasteiger partial charge in [0.2, 0.25) is 0 Å². The van der Waals surface area contributed by atoms with Crippen molar-refractivity contribution in [3.63, 3.8) is 0 Å². The zero-order valence-electron chi connectivity index (χ0n) is 14.4. The maximum absolute atomic E-state index is 12.2. The van der Waals surface area contributed by atoms with Crippen LogP contribution in [0.5, 0.6) is 0 Å². The van der Waals surface area contributed by atoms with Crippen LogP contribution in [0, 0.1) is 11.3 Å². The minimum Gasteiger partial charge on any atom is -0.346 e. The van der Waals surface area contributed by atoms with Crippen LogP contribution < -0.4 is 4.72 Å². The minimum absolute atomic E-state index is 0.0276. The summed E-state index contributed by atoms with van der Waals surface area (Å²) in [6.45, 7) is 0.541. The normalized spacial score (nSPS) is 11.5. The van der Waals surface area contributed by atoms with Crippen molar-refractivity contribution in [1.82, 2.24) is 9.29 Å². The van der Waals surface area contributed by atoms with Crippen LogP contribution in [0.1, 0.15) is 12.0 Å². The van der Waals surface area contributed by atoms with Crippen molar-refractivity contribution in [3.05, 3.63) is 72.4 Å². The van der Waals surface area contributed by atoms with Crippen molar-refractivity contribution in [2.45, 2.75) is 17.9 Å². The zero-order chi connectivity index (χ0) is 19.3. The van der Waals surface area contributed by atoms with Gasteiger partial charge in [-0.15, -0.1) is 0 Å². The summed E-state index contributed by atoms with van der Waals surface area (Å²) in [7, 11) is -3.91. The molecule has 3 aromatic rings. The predicted octanol–water partition coefficient (Wildman–Crippen LogP) is 3.07. The number of hydrogen-bond acceptors (Lipinski definition) is 4. The summed E-state index contributed by atoms with van der Waals surface area (Å²) >= 11 is 0. The topological polar surface area (TPSA) is 92.0 Å². The second kappa shape index (κ2) is 7.89. The number of nitrogens with one attached hydrogen (secondary N) is 1. The Kier molecular flexibility index (Phi) is 5.38. The van der Waals surface area contributed by atoms with Gasteiger partial charge in [0.15, 0.2) is 0 Å². The molecule has 0 aliphatic rings. The van der Waals surface area contributed by atoms with Crippen molar-refractivity contribution in [3.8, 4) is 6.07 Å². The lowest BCUT2D eigenvalue weighted by molar-refractivity contribution is -0.114. The molecular formula is C20H17N3O3S. The highest BCUT2D eigenvalue weighted by molar-refractivity contribution is 7.90. The van der Waals surface area contributed by atoms with E-state index in [9.17, 15) is 13.2 Å². The number of nitrogens with zero attached hydrogens (tertiary/aromatic N) is 2. The average Bonchev–Trinajstić information content (AvgIpc) is 3.03. The van der Waals surface area contributed by atoms with Crippen molar-refractivity contribution in [1.29, 1.82) is 5.26 Å². The number of aryl methyl sites for hydroxylation is 1. The molecule has 0 spiro atoms. The Hall–Kier alpha value is -3.37. The molecule has 0 bridgehead atoms. The Bertz CT molecular complexity index is 1140. The highest BCUT2D eigenvalue weighted by Crippen LogP contribution is 2.22. The minimum atomic E-state index is -3.91. The molecular weight excluding hydrogens is 362 g/mol. The van der Waals surface area contributed by atoms with Gasteiger partial charge in [-0.05, 0) is 24.3 Å². The molecule has 1 N–H and O–H groups in total. The van der Waals surface area contributed by atoms with Gasteiger partial charge in [-0.25, -0.2) is 13.1 Å². The number of nitriles is 1. The Labute approximate surface area is 157 Å². The van der Waals surface area contributed by atoms with E-state index >= 15 is 0 Å². The maximum Gasteiger partial charge on any atom is 0.264 e. The fraction of sp³-hybridized carbons (Fsp3) is 0.100. The summed E-state index contributed by atoms with van der Waals surface area (Å²) in [6, 6.07) is 17.5. The Balaban J connectivity index is 1.82. The number of sulfonamides is 1. The van der Waals surface area contributed by atoms with Crippen LogP contribution in [0.3, 0.4) is 0 Å². The summed E-state index contributed by atoms with van der Waals surface area (Å²) in [5.74, 6) is -0.729. The number of hydrogen-bond donors (Lipinski definition) is 1.